The van der Waals surface area contributed by atoms with Crippen LogP contribution >= 0.6 is 0 Å². The van der Waals surface area contributed by atoms with Gasteiger partial charge in [0.2, 0.25) is 10.0 Å². The van der Waals surface area contributed by atoms with Crippen molar-refractivity contribution in [3.63, 3.8) is 0 Å². The molecule has 0 atom stereocenters. The molecule has 8 heteroatoms. The number of aromatic nitrogens is 1. The van der Waals surface area contributed by atoms with Crippen molar-refractivity contribution in [2.24, 2.45) is 0 Å². The van der Waals surface area contributed by atoms with Crippen LogP contribution in [0.25, 0.3) is 0 Å². The van der Waals surface area contributed by atoms with Gasteiger partial charge in [0.05, 0.1) is 20.2 Å². The smallest absolute Gasteiger partial charge is 0.254 e. The Morgan fingerprint density at radius 2 is 1.79 bits per heavy atom. The van der Waals surface area contributed by atoms with Crippen molar-refractivity contribution >= 4 is 10.0 Å². The molecule has 2 aliphatic rings. The maximum absolute atomic E-state index is 12.9. The number of hydrogen-bond donors (Lipinski definition) is 0. The molecule has 1 aliphatic heterocycles. The first-order valence-electron chi connectivity index (χ1n) is 9.34. The number of sulfonamides is 1. The molecular weight excluding hydrogens is 380 g/mol. The van der Waals surface area contributed by atoms with Crippen LogP contribution in [0.15, 0.2) is 40.0 Å². The van der Waals surface area contributed by atoms with Crippen LogP contribution < -0.4 is 15.0 Å². The average Bonchev–Trinajstić information content (AvgIpc) is 3.41. The summed E-state index contributed by atoms with van der Waals surface area (Å²) >= 11 is 0. The highest BCUT2D eigenvalue weighted by Gasteiger charge is 2.39. The summed E-state index contributed by atoms with van der Waals surface area (Å²) in [5.74, 6) is 0.823. The predicted molar refractivity (Wildman–Crippen MR) is 105 cm³/mol. The van der Waals surface area contributed by atoms with Crippen LogP contribution in [0, 0.1) is 13.8 Å². The summed E-state index contributed by atoms with van der Waals surface area (Å²) in [6.07, 6.45) is 1.80. The number of rotatable bonds is 6. The van der Waals surface area contributed by atoms with Gasteiger partial charge in [-0.3, -0.25) is 4.79 Å². The number of nitrogens with zero attached hydrogens (tertiary/aromatic N) is 2. The van der Waals surface area contributed by atoms with Crippen LogP contribution in [-0.2, 0) is 10.0 Å². The van der Waals surface area contributed by atoms with E-state index in [0.717, 1.165) is 24.1 Å². The Labute approximate surface area is 164 Å². The Bertz CT molecular complexity index is 1070. The minimum absolute atomic E-state index is 0.0641. The lowest BCUT2D eigenvalue weighted by Gasteiger charge is -2.38. The van der Waals surface area contributed by atoms with E-state index in [4.69, 9.17) is 9.47 Å². The van der Waals surface area contributed by atoms with Gasteiger partial charge in [0.1, 0.15) is 22.5 Å². The molecule has 2 aromatic rings. The minimum Gasteiger partial charge on any atom is -0.495 e. The summed E-state index contributed by atoms with van der Waals surface area (Å²) in [4.78, 5) is 12.5. The fourth-order valence-corrected chi connectivity index (χ4v) is 5.28. The molecule has 1 saturated heterocycles. The summed E-state index contributed by atoms with van der Waals surface area (Å²) in [7, 11) is -2.20. The van der Waals surface area contributed by atoms with E-state index >= 15 is 0 Å². The topological polar surface area (TPSA) is 77.8 Å². The number of hydrogen-bond acceptors (Lipinski definition) is 5. The molecule has 2 heterocycles. The standard InChI is InChI=1S/C20H24N2O5S/c1-13-4-7-18(26-3)19(8-13)28(24,25)21-11-17(12-21)27-16-9-14(2)22(15-5-6-15)20(23)10-16/h4,7-10,15,17H,5-6,11-12H2,1-3H3. The third-order valence-electron chi connectivity index (χ3n) is 5.20. The first-order valence-corrected chi connectivity index (χ1v) is 10.8. The molecule has 0 amide bonds. The van der Waals surface area contributed by atoms with Crippen molar-refractivity contribution in [2.45, 2.75) is 43.7 Å². The lowest BCUT2D eigenvalue weighted by atomic mass is 10.2. The molecule has 0 radical (unpaired) electrons. The number of ether oxygens (including phenoxy) is 2. The number of benzene rings is 1. The van der Waals surface area contributed by atoms with Gasteiger partial charge in [-0.15, -0.1) is 0 Å². The monoisotopic (exact) mass is 404 g/mol. The van der Waals surface area contributed by atoms with Gasteiger partial charge in [0, 0.05) is 17.8 Å². The normalized spacial score (nSPS) is 18.0. The van der Waals surface area contributed by atoms with Crippen LogP contribution in [0.5, 0.6) is 11.5 Å². The van der Waals surface area contributed by atoms with Gasteiger partial charge in [-0.2, -0.15) is 4.31 Å². The van der Waals surface area contributed by atoms with Crippen LogP contribution in [0.1, 0.15) is 30.1 Å². The minimum atomic E-state index is -3.66. The van der Waals surface area contributed by atoms with E-state index < -0.39 is 10.0 Å². The van der Waals surface area contributed by atoms with Gasteiger partial charge >= 0.3 is 0 Å². The number of pyridine rings is 1. The van der Waals surface area contributed by atoms with Gasteiger partial charge in [-0.05, 0) is 50.5 Å². The molecule has 1 saturated carbocycles. The molecule has 1 aromatic heterocycles. The van der Waals surface area contributed by atoms with E-state index in [0.29, 0.717) is 17.5 Å². The predicted octanol–water partition coefficient (Wildman–Crippen LogP) is 2.26. The van der Waals surface area contributed by atoms with Gasteiger partial charge in [-0.25, -0.2) is 8.42 Å². The summed E-state index contributed by atoms with van der Waals surface area (Å²) in [6.45, 7) is 4.22. The lowest BCUT2D eigenvalue weighted by Crippen LogP contribution is -2.56. The van der Waals surface area contributed by atoms with Gasteiger partial charge < -0.3 is 14.0 Å². The zero-order chi connectivity index (χ0) is 20.1. The maximum atomic E-state index is 12.9. The fraction of sp³-hybridized carbons (Fsp3) is 0.450. The fourth-order valence-electron chi connectivity index (χ4n) is 3.54. The molecule has 7 nitrogen and oxygen atoms in total. The molecule has 1 aromatic carbocycles. The Morgan fingerprint density at radius 3 is 2.39 bits per heavy atom. The Balaban J connectivity index is 1.46. The molecule has 28 heavy (non-hydrogen) atoms. The highest BCUT2D eigenvalue weighted by Crippen LogP contribution is 2.35. The van der Waals surface area contributed by atoms with Crippen LogP contribution in [0.3, 0.4) is 0 Å². The zero-order valence-electron chi connectivity index (χ0n) is 16.2. The molecule has 0 spiro atoms. The molecule has 4 rings (SSSR count). The second-order valence-electron chi connectivity index (χ2n) is 7.49. The lowest BCUT2D eigenvalue weighted by molar-refractivity contribution is 0.0757. The second kappa shape index (κ2) is 6.93. The third-order valence-corrected chi connectivity index (χ3v) is 7.05. The van der Waals surface area contributed by atoms with Gasteiger partial charge in [-0.1, -0.05) is 6.07 Å². The summed E-state index contributed by atoms with van der Waals surface area (Å²) in [6, 6.07) is 8.74. The average molecular weight is 404 g/mol. The molecule has 1 aliphatic carbocycles. The van der Waals surface area contributed by atoms with E-state index in [9.17, 15) is 13.2 Å². The van der Waals surface area contributed by atoms with E-state index in [1.54, 1.807) is 16.7 Å². The Kier molecular flexibility index (Phi) is 4.71. The van der Waals surface area contributed by atoms with Gasteiger partial charge in [0.15, 0.2) is 0 Å². The number of methoxy groups -OCH3 is 1. The summed E-state index contributed by atoms with van der Waals surface area (Å²) in [5, 5.41) is 0. The molecule has 0 N–H and O–H groups in total. The summed E-state index contributed by atoms with van der Waals surface area (Å²) < 4.78 is 40.1. The third kappa shape index (κ3) is 3.42. The summed E-state index contributed by atoms with van der Waals surface area (Å²) in [5.41, 5.74) is 1.66. The van der Waals surface area contributed by atoms with Crippen molar-refractivity contribution in [3.8, 4) is 11.5 Å². The maximum Gasteiger partial charge on any atom is 0.254 e. The van der Waals surface area contributed by atoms with Crippen molar-refractivity contribution < 1.29 is 17.9 Å². The quantitative estimate of drug-likeness (QED) is 0.738. The molecule has 0 unspecified atom stereocenters. The Morgan fingerprint density at radius 1 is 1.07 bits per heavy atom. The van der Waals surface area contributed by atoms with E-state index in [1.165, 1.54) is 17.5 Å². The van der Waals surface area contributed by atoms with Crippen LogP contribution in [-0.4, -0.2) is 43.6 Å². The first-order chi connectivity index (χ1) is 13.3. The van der Waals surface area contributed by atoms with E-state index in [-0.39, 0.29) is 29.6 Å². The van der Waals surface area contributed by atoms with E-state index in [2.05, 4.69) is 0 Å². The van der Waals surface area contributed by atoms with Gasteiger partial charge in [0.25, 0.3) is 5.56 Å². The SMILES string of the molecule is COc1ccc(C)cc1S(=O)(=O)N1CC(Oc2cc(C)n(C3CC3)c(=O)c2)C1. The highest BCUT2D eigenvalue weighted by molar-refractivity contribution is 7.89. The highest BCUT2D eigenvalue weighted by atomic mass is 32.2. The van der Waals surface area contributed by atoms with Crippen molar-refractivity contribution in [2.75, 3.05) is 20.2 Å². The second-order valence-corrected chi connectivity index (χ2v) is 9.39. The largest absolute Gasteiger partial charge is 0.495 e. The molecule has 2 fully saturated rings. The van der Waals surface area contributed by atoms with E-state index in [1.807, 2.05) is 26.0 Å². The van der Waals surface area contributed by atoms with Crippen molar-refractivity contribution in [3.05, 3.63) is 51.9 Å². The molecular formula is C20H24N2O5S. The van der Waals surface area contributed by atoms with Crippen LogP contribution in [0.4, 0.5) is 0 Å². The van der Waals surface area contributed by atoms with Crippen molar-refractivity contribution in [1.82, 2.24) is 8.87 Å². The number of aryl methyl sites for hydroxylation is 2. The molecule has 0 bridgehead atoms. The Hall–Kier alpha value is -2.32. The van der Waals surface area contributed by atoms with Crippen molar-refractivity contribution in [1.29, 1.82) is 0 Å². The molecule has 150 valence electrons. The van der Waals surface area contributed by atoms with Crippen LogP contribution in [0.2, 0.25) is 0 Å². The first kappa shape index (κ1) is 19.0. The zero-order valence-corrected chi connectivity index (χ0v) is 17.0.